The summed E-state index contributed by atoms with van der Waals surface area (Å²) in [6, 6.07) is 6.02. The minimum absolute atomic E-state index is 0.287. The van der Waals surface area contributed by atoms with E-state index in [1.807, 2.05) is 6.07 Å². The van der Waals surface area contributed by atoms with E-state index in [9.17, 15) is 9.18 Å². The van der Waals surface area contributed by atoms with Crippen LogP contribution in [-0.4, -0.2) is 5.91 Å². The summed E-state index contributed by atoms with van der Waals surface area (Å²) in [4.78, 5) is 11.2. The van der Waals surface area contributed by atoms with Crippen molar-refractivity contribution in [3.63, 3.8) is 0 Å². The van der Waals surface area contributed by atoms with E-state index >= 15 is 0 Å². The SMILES string of the molecule is N#CC1Cc2cc(F)ccc2NC1=O. The summed E-state index contributed by atoms with van der Waals surface area (Å²) in [7, 11) is 0. The fourth-order valence-corrected chi connectivity index (χ4v) is 1.49. The molecule has 0 fully saturated rings. The minimum atomic E-state index is -0.704. The van der Waals surface area contributed by atoms with E-state index < -0.39 is 5.92 Å². The van der Waals surface area contributed by atoms with Crippen LogP contribution in [0.4, 0.5) is 10.1 Å². The van der Waals surface area contributed by atoms with Crippen LogP contribution < -0.4 is 5.32 Å². The molecule has 0 spiro atoms. The quantitative estimate of drug-likeness (QED) is 0.673. The van der Waals surface area contributed by atoms with E-state index in [0.29, 0.717) is 11.3 Å². The molecule has 1 unspecified atom stereocenters. The zero-order chi connectivity index (χ0) is 10.1. The number of anilines is 1. The number of hydrogen-bond acceptors (Lipinski definition) is 2. The van der Waals surface area contributed by atoms with E-state index in [-0.39, 0.29) is 18.1 Å². The second-order valence-electron chi connectivity index (χ2n) is 3.18. The smallest absolute Gasteiger partial charge is 0.242 e. The van der Waals surface area contributed by atoms with Crippen LogP contribution >= 0.6 is 0 Å². The van der Waals surface area contributed by atoms with Crippen molar-refractivity contribution in [1.82, 2.24) is 0 Å². The van der Waals surface area contributed by atoms with Crippen LogP contribution in [0.1, 0.15) is 5.56 Å². The average molecular weight is 190 g/mol. The normalized spacial score (nSPS) is 19.4. The number of carbonyl (C=O) groups excluding carboxylic acids is 1. The van der Waals surface area contributed by atoms with Gasteiger partial charge in [-0.05, 0) is 30.2 Å². The van der Waals surface area contributed by atoms with Crippen LogP contribution in [0.3, 0.4) is 0 Å². The highest BCUT2D eigenvalue weighted by atomic mass is 19.1. The molecule has 1 N–H and O–H groups in total. The number of benzene rings is 1. The number of carbonyl (C=O) groups is 1. The number of nitrogens with one attached hydrogen (secondary N) is 1. The first-order valence-corrected chi connectivity index (χ1v) is 4.19. The highest BCUT2D eigenvalue weighted by Gasteiger charge is 2.25. The van der Waals surface area contributed by atoms with Gasteiger partial charge in [-0.1, -0.05) is 0 Å². The van der Waals surface area contributed by atoms with Crippen molar-refractivity contribution < 1.29 is 9.18 Å². The first-order chi connectivity index (χ1) is 6.70. The van der Waals surface area contributed by atoms with Gasteiger partial charge in [-0.15, -0.1) is 0 Å². The van der Waals surface area contributed by atoms with Gasteiger partial charge in [0.05, 0.1) is 6.07 Å². The molecule has 1 aliphatic heterocycles. The molecule has 14 heavy (non-hydrogen) atoms. The second kappa shape index (κ2) is 3.11. The van der Waals surface area contributed by atoms with Gasteiger partial charge in [-0.3, -0.25) is 4.79 Å². The average Bonchev–Trinajstić information content (AvgIpc) is 2.17. The van der Waals surface area contributed by atoms with Crippen LogP contribution in [0.2, 0.25) is 0 Å². The van der Waals surface area contributed by atoms with Crippen LogP contribution in [-0.2, 0) is 11.2 Å². The molecule has 4 heteroatoms. The van der Waals surface area contributed by atoms with E-state index in [1.54, 1.807) is 0 Å². The molecule has 3 nitrogen and oxygen atoms in total. The maximum Gasteiger partial charge on any atom is 0.242 e. The van der Waals surface area contributed by atoms with Gasteiger partial charge >= 0.3 is 0 Å². The first kappa shape index (κ1) is 8.70. The van der Waals surface area contributed by atoms with Gasteiger partial charge in [0.1, 0.15) is 11.7 Å². The number of fused-ring (bicyclic) bond motifs is 1. The number of amides is 1. The molecule has 1 heterocycles. The van der Waals surface area contributed by atoms with E-state index in [4.69, 9.17) is 5.26 Å². The van der Waals surface area contributed by atoms with Gasteiger partial charge in [-0.2, -0.15) is 5.26 Å². The first-order valence-electron chi connectivity index (χ1n) is 4.19. The molecular weight excluding hydrogens is 183 g/mol. The second-order valence-corrected chi connectivity index (χ2v) is 3.18. The summed E-state index contributed by atoms with van der Waals surface area (Å²) in [5, 5.41) is 11.2. The molecule has 0 saturated carbocycles. The Morgan fingerprint density at radius 3 is 3.07 bits per heavy atom. The number of hydrogen-bond donors (Lipinski definition) is 1. The predicted molar refractivity (Wildman–Crippen MR) is 47.8 cm³/mol. The van der Waals surface area contributed by atoms with Gasteiger partial charge in [-0.25, -0.2) is 4.39 Å². The van der Waals surface area contributed by atoms with Crippen molar-refractivity contribution in [2.24, 2.45) is 5.92 Å². The number of rotatable bonds is 0. The topological polar surface area (TPSA) is 52.9 Å². The summed E-state index contributed by atoms with van der Waals surface area (Å²) in [5.41, 5.74) is 1.28. The maximum absolute atomic E-state index is 12.8. The van der Waals surface area contributed by atoms with Crippen molar-refractivity contribution >= 4 is 11.6 Å². The Hall–Kier alpha value is -1.89. The Labute approximate surface area is 80.2 Å². The summed E-state index contributed by atoms with van der Waals surface area (Å²) < 4.78 is 12.8. The molecule has 1 aromatic carbocycles. The monoisotopic (exact) mass is 190 g/mol. The molecular formula is C10H7FN2O. The zero-order valence-electron chi connectivity index (χ0n) is 7.25. The lowest BCUT2D eigenvalue weighted by molar-refractivity contribution is -0.118. The molecule has 1 atom stereocenters. The zero-order valence-corrected chi connectivity index (χ0v) is 7.25. The lowest BCUT2D eigenvalue weighted by Gasteiger charge is -2.19. The molecule has 1 aliphatic rings. The van der Waals surface area contributed by atoms with Crippen LogP contribution in [0.5, 0.6) is 0 Å². The van der Waals surface area contributed by atoms with Crippen LogP contribution in [0.15, 0.2) is 18.2 Å². The van der Waals surface area contributed by atoms with E-state index in [0.717, 1.165) is 0 Å². The van der Waals surface area contributed by atoms with Crippen molar-refractivity contribution in [3.8, 4) is 6.07 Å². The Balaban J connectivity index is 2.42. The number of nitrogens with zero attached hydrogens (tertiary/aromatic N) is 1. The lowest BCUT2D eigenvalue weighted by Crippen LogP contribution is -2.28. The van der Waals surface area contributed by atoms with Crippen molar-refractivity contribution in [2.45, 2.75) is 6.42 Å². The molecule has 0 saturated heterocycles. The highest BCUT2D eigenvalue weighted by molar-refractivity contribution is 5.97. The molecule has 0 aliphatic carbocycles. The van der Waals surface area contributed by atoms with Gasteiger partial charge in [0, 0.05) is 5.69 Å². The molecule has 2 rings (SSSR count). The molecule has 0 aromatic heterocycles. The Bertz CT molecular complexity index is 436. The summed E-state index contributed by atoms with van der Waals surface area (Å²) in [6.07, 6.45) is 0.287. The molecule has 1 aromatic rings. The van der Waals surface area contributed by atoms with E-state index in [1.165, 1.54) is 18.2 Å². The van der Waals surface area contributed by atoms with Gasteiger partial charge in [0.2, 0.25) is 5.91 Å². The molecule has 1 amide bonds. The molecule has 0 bridgehead atoms. The van der Waals surface area contributed by atoms with Crippen LogP contribution in [0, 0.1) is 23.1 Å². The minimum Gasteiger partial charge on any atom is -0.325 e. The fourth-order valence-electron chi connectivity index (χ4n) is 1.49. The van der Waals surface area contributed by atoms with Gasteiger partial charge < -0.3 is 5.32 Å². The summed E-state index contributed by atoms with van der Waals surface area (Å²) >= 11 is 0. The maximum atomic E-state index is 12.8. The van der Waals surface area contributed by atoms with Crippen molar-refractivity contribution in [2.75, 3.05) is 5.32 Å². The van der Waals surface area contributed by atoms with Crippen molar-refractivity contribution in [1.29, 1.82) is 5.26 Å². The Morgan fingerprint density at radius 2 is 2.36 bits per heavy atom. The summed E-state index contributed by atoms with van der Waals surface area (Å²) in [5.74, 6) is -1.37. The number of nitriles is 1. The Morgan fingerprint density at radius 1 is 1.57 bits per heavy atom. The van der Waals surface area contributed by atoms with Gasteiger partial charge in [0.25, 0.3) is 0 Å². The van der Waals surface area contributed by atoms with Crippen molar-refractivity contribution in [3.05, 3.63) is 29.6 Å². The summed E-state index contributed by atoms with van der Waals surface area (Å²) in [6.45, 7) is 0. The standard InChI is InChI=1S/C10H7FN2O/c11-8-1-2-9-6(4-8)3-7(5-12)10(14)13-9/h1-2,4,7H,3H2,(H,13,14). The van der Waals surface area contributed by atoms with Crippen LogP contribution in [0.25, 0.3) is 0 Å². The molecule has 0 radical (unpaired) electrons. The lowest BCUT2D eigenvalue weighted by atomic mass is 9.94. The molecule has 70 valence electrons. The third-order valence-corrected chi connectivity index (χ3v) is 2.22. The highest BCUT2D eigenvalue weighted by Crippen LogP contribution is 2.25. The third-order valence-electron chi connectivity index (χ3n) is 2.22. The van der Waals surface area contributed by atoms with Gasteiger partial charge in [0.15, 0.2) is 0 Å². The third kappa shape index (κ3) is 1.33. The number of halogens is 1. The largest absolute Gasteiger partial charge is 0.325 e. The predicted octanol–water partition coefficient (Wildman–Crippen LogP) is 1.46. The fraction of sp³-hybridized carbons (Fsp3) is 0.200. The Kier molecular flexibility index (Phi) is 1.93. The van der Waals surface area contributed by atoms with E-state index in [2.05, 4.69) is 5.32 Å².